The molecule has 4 fully saturated rings. The summed E-state index contributed by atoms with van der Waals surface area (Å²) in [5, 5.41) is 21.5. The Kier molecular flexibility index (Phi) is 5.05. The smallest absolute Gasteiger partial charge is 0.137 e. The second-order valence-electron chi connectivity index (χ2n) is 14.1. The summed E-state index contributed by atoms with van der Waals surface area (Å²) < 4.78 is 0. The Bertz CT molecular complexity index is 905. The third-order valence-corrected chi connectivity index (χ3v) is 12.4. The lowest BCUT2D eigenvalue weighted by Crippen LogP contribution is -2.65. The summed E-state index contributed by atoms with van der Waals surface area (Å²) in [4.78, 5) is 25.9. The van der Waals surface area contributed by atoms with Crippen LogP contribution in [0.25, 0.3) is 0 Å². The Hall–Kier alpha value is -1.00. The van der Waals surface area contributed by atoms with Crippen LogP contribution in [0.2, 0.25) is 0 Å². The van der Waals surface area contributed by atoms with Gasteiger partial charge in [-0.2, -0.15) is 0 Å². The first-order valence-electron chi connectivity index (χ1n) is 13.3. The van der Waals surface area contributed by atoms with Crippen molar-refractivity contribution in [1.82, 2.24) is 0 Å². The molecule has 0 aliphatic heterocycles. The number of ketones is 1. The van der Waals surface area contributed by atoms with E-state index >= 15 is 0 Å². The van der Waals surface area contributed by atoms with E-state index in [-0.39, 0.29) is 39.4 Å². The molecule has 0 heterocycles. The Morgan fingerprint density at radius 2 is 1.64 bits per heavy atom. The van der Waals surface area contributed by atoms with Gasteiger partial charge in [-0.15, -0.1) is 0 Å². The van der Waals surface area contributed by atoms with Gasteiger partial charge in [-0.3, -0.25) is 4.79 Å². The number of allylic oxidation sites excluding steroid dienone is 2. The molecule has 0 saturated heterocycles. The number of hydrogen-bond donors (Lipinski definition) is 2. The lowest BCUT2D eigenvalue weighted by molar-refractivity contribution is -0.200. The van der Waals surface area contributed by atoms with Crippen molar-refractivity contribution in [2.45, 2.75) is 105 Å². The van der Waals surface area contributed by atoms with Gasteiger partial charge in [0.1, 0.15) is 12.1 Å². The van der Waals surface area contributed by atoms with E-state index in [0.717, 1.165) is 38.4 Å². The van der Waals surface area contributed by atoms with Gasteiger partial charge < -0.3 is 15.0 Å². The number of aliphatic hydroxyl groups is 2. The van der Waals surface area contributed by atoms with Crippen LogP contribution >= 0.6 is 0 Å². The van der Waals surface area contributed by atoms with Crippen LogP contribution in [0.3, 0.4) is 0 Å². The lowest BCUT2D eigenvalue weighted by Gasteiger charge is -2.70. The van der Waals surface area contributed by atoms with Crippen LogP contribution in [0, 0.1) is 50.7 Å². The molecule has 0 aromatic heterocycles. The van der Waals surface area contributed by atoms with E-state index in [9.17, 15) is 19.8 Å². The van der Waals surface area contributed by atoms with Gasteiger partial charge >= 0.3 is 0 Å². The fourth-order valence-electron chi connectivity index (χ4n) is 10.0. The third kappa shape index (κ3) is 2.83. The maximum atomic E-state index is 13.6. The highest BCUT2D eigenvalue weighted by molar-refractivity contribution is 5.85. The molecular weight excluding hydrogens is 412 g/mol. The average molecular weight is 457 g/mol. The second kappa shape index (κ2) is 7.03. The first-order valence-corrected chi connectivity index (χ1v) is 13.3. The summed E-state index contributed by atoms with van der Waals surface area (Å²) in [6.45, 7) is 13.5. The van der Waals surface area contributed by atoms with Crippen LogP contribution in [0.4, 0.5) is 0 Å². The molecule has 0 aromatic rings. The zero-order valence-electron chi connectivity index (χ0n) is 21.5. The van der Waals surface area contributed by atoms with Crippen molar-refractivity contribution in [3.8, 4) is 0 Å². The van der Waals surface area contributed by atoms with E-state index in [0.29, 0.717) is 31.0 Å². The highest BCUT2D eigenvalue weighted by Gasteiger charge is 2.68. The zero-order valence-corrected chi connectivity index (χ0v) is 21.5. The van der Waals surface area contributed by atoms with Crippen molar-refractivity contribution in [2.24, 2.45) is 50.7 Å². The minimum atomic E-state index is -0.684. The Morgan fingerprint density at radius 1 is 0.939 bits per heavy atom. The van der Waals surface area contributed by atoms with E-state index < -0.39 is 17.6 Å². The molecule has 5 aliphatic carbocycles. The summed E-state index contributed by atoms with van der Waals surface area (Å²) in [6, 6.07) is 0. The van der Waals surface area contributed by atoms with Crippen LogP contribution < -0.4 is 0 Å². The molecule has 0 amide bonds. The van der Waals surface area contributed by atoms with Gasteiger partial charge in [-0.25, -0.2) is 0 Å². The van der Waals surface area contributed by atoms with Crippen LogP contribution in [0.1, 0.15) is 92.9 Å². The van der Waals surface area contributed by atoms with Gasteiger partial charge in [-0.05, 0) is 78.9 Å². The van der Waals surface area contributed by atoms with Crippen molar-refractivity contribution in [3.05, 3.63) is 11.6 Å². The molecule has 0 aromatic carbocycles. The maximum absolute atomic E-state index is 13.6. The molecule has 4 saturated carbocycles. The summed E-state index contributed by atoms with van der Waals surface area (Å²) in [6.07, 6.45) is 9.16. The number of carbonyl (C=O) groups excluding carboxylic acids is 2. The molecule has 5 aliphatic rings. The van der Waals surface area contributed by atoms with Gasteiger partial charge in [0.05, 0.1) is 17.6 Å². The van der Waals surface area contributed by atoms with E-state index in [1.807, 2.05) is 6.92 Å². The van der Waals surface area contributed by atoms with E-state index in [1.54, 1.807) is 0 Å². The molecule has 5 rings (SSSR count). The summed E-state index contributed by atoms with van der Waals surface area (Å²) in [7, 11) is 0. The van der Waals surface area contributed by atoms with Crippen molar-refractivity contribution in [1.29, 1.82) is 0 Å². The topological polar surface area (TPSA) is 74.6 Å². The van der Waals surface area contributed by atoms with Crippen LogP contribution in [-0.2, 0) is 9.59 Å². The Morgan fingerprint density at radius 3 is 2.30 bits per heavy atom. The number of fused-ring (bicyclic) bond motifs is 7. The largest absolute Gasteiger partial charge is 0.393 e. The summed E-state index contributed by atoms with van der Waals surface area (Å²) in [5.74, 6) is 1.13. The predicted octanol–water partition coefficient (Wildman–Crippen LogP) is 5.11. The molecule has 0 bridgehead atoms. The van der Waals surface area contributed by atoms with Crippen molar-refractivity contribution in [3.63, 3.8) is 0 Å². The van der Waals surface area contributed by atoms with E-state index in [1.165, 1.54) is 5.57 Å². The number of aliphatic hydroxyl groups excluding tert-OH is 2. The zero-order chi connectivity index (χ0) is 24.2. The highest BCUT2D eigenvalue weighted by atomic mass is 16.3. The van der Waals surface area contributed by atoms with Gasteiger partial charge in [-0.1, -0.05) is 53.2 Å². The Balaban J connectivity index is 1.58. The number of Topliss-reactive ketones (excluding diaryl/α,β-unsaturated/α-hetero) is 1. The number of hydrogen-bond acceptors (Lipinski definition) is 4. The van der Waals surface area contributed by atoms with Crippen molar-refractivity contribution >= 4 is 12.1 Å². The molecule has 4 nitrogen and oxygen atoms in total. The summed E-state index contributed by atoms with van der Waals surface area (Å²) in [5.41, 5.74) is 0.434. The molecule has 0 radical (unpaired) electrons. The molecule has 2 N–H and O–H groups in total. The fraction of sp³-hybridized carbons (Fsp3) is 0.862. The van der Waals surface area contributed by atoms with Crippen molar-refractivity contribution in [2.75, 3.05) is 0 Å². The Labute approximate surface area is 199 Å². The minimum absolute atomic E-state index is 0.00471. The van der Waals surface area contributed by atoms with Gasteiger partial charge in [0, 0.05) is 17.8 Å². The standard InChI is InChI=1S/C29H44O4/c1-25(2)14-18-17(13-24(25)33)20(31)15-29(6)19(18)7-8-22-26(3)11-10-23(32)27(4,16-30)21(26)9-12-28(22,29)5/h7,16-18,21-24,32-33H,8-15H2,1-6H3/t17-,18-,21+,22+,23+,24+,26+,27+,28-,29-/m1/s1. The van der Waals surface area contributed by atoms with Crippen LogP contribution in [-0.4, -0.2) is 34.5 Å². The molecule has 184 valence electrons. The number of aldehydes is 1. The average Bonchev–Trinajstić information content (AvgIpc) is 2.73. The van der Waals surface area contributed by atoms with Gasteiger partial charge in [0.2, 0.25) is 0 Å². The van der Waals surface area contributed by atoms with E-state index in [2.05, 4.69) is 40.7 Å². The molecule has 33 heavy (non-hydrogen) atoms. The molecule has 10 atom stereocenters. The quantitative estimate of drug-likeness (QED) is 0.425. The molecule has 0 unspecified atom stereocenters. The second-order valence-corrected chi connectivity index (χ2v) is 14.1. The van der Waals surface area contributed by atoms with Gasteiger partial charge in [0.25, 0.3) is 0 Å². The third-order valence-electron chi connectivity index (χ3n) is 12.4. The highest BCUT2D eigenvalue weighted by Crippen LogP contribution is 2.73. The molecule has 4 heteroatoms. The maximum Gasteiger partial charge on any atom is 0.137 e. The number of carbonyl (C=O) groups is 2. The first-order chi connectivity index (χ1) is 15.2. The summed E-state index contributed by atoms with van der Waals surface area (Å²) >= 11 is 0. The van der Waals surface area contributed by atoms with E-state index in [4.69, 9.17) is 0 Å². The van der Waals surface area contributed by atoms with Crippen LogP contribution in [0.15, 0.2) is 11.6 Å². The molecule has 0 spiro atoms. The number of rotatable bonds is 1. The fourth-order valence-corrected chi connectivity index (χ4v) is 10.0. The molecular formula is C29H44O4. The van der Waals surface area contributed by atoms with Crippen LogP contribution in [0.5, 0.6) is 0 Å². The predicted molar refractivity (Wildman–Crippen MR) is 128 cm³/mol. The van der Waals surface area contributed by atoms with Crippen molar-refractivity contribution < 1.29 is 19.8 Å². The monoisotopic (exact) mass is 456 g/mol. The normalized spacial score (nSPS) is 55.4. The minimum Gasteiger partial charge on any atom is -0.393 e. The van der Waals surface area contributed by atoms with Gasteiger partial charge in [0.15, 0.2) is 0 Å². The SMILES string of the molecule is CC1(C)C[C@H]2C3=CC[C@H]4[C@@]5(C)CC[C@H](O)[C@@](C)(C=O)[C@H]5CC[C@@]4(C)[C@]3(C)CC(=O)[C@@H]2C[C@@H]1O. The lowest BCUT2D eigenvalue weighted by atomic mass is 9.34. The first kappa shape index (κ1) is 23.7.